The van der Waals surface area contributed by atoms with Crippen LogP contribution in [0.1, 0.15) is 12.0 Å². The molecule has 7 nitrogen and oxygen atoms in total. The molecular formula is C14H25IN4O3S. The number of para-hydroxylation sites is 1. The summed E-state index contributed by atoms with van der Waals surface area (Å²) < 4.78 is 29.6. The maximum Gasteiger partial charge on any atom is 0.208 e. The van der Waals surface area contributed by atoms with Gasteiger partial charge < -0.3 is 15.4 Å². The van der Waals surface area contributed by atoms with Crippen molar-refractivity contribution in [2.75, 3.05) is 33.5 Å². The zero-order valence-corrected chi connectivity index (χ0v) is 16.8. The first kappa shape index (κ1) is 21.9. The molecule has 0 unspecified atom stereocenters. The number of hydrogen-bond acceptors (Lipinski definition) is 4. The number of benzene rings is 1. The van der Waals surface area contributed by atoms with E-state index in [0.29, 0.717) is 32.0 Å². The number of nitrogens with zero attached hydrogens (tertiary/aromatic N) is 1. The molecule has 1 aromatic rings. The molecule has 0 saturated heterocycles. The van der Waals surface area contributed by atoms with Crippen molar-refractivity contribution in [3.05, 3.63) is 29.8 Å². The third-order valence-electron chi connectivity index (χ3n) is 2.87. The Hall–Kier alpha value is -1.07. The number of hydrogen-bond donors (Lipinski definition) is 3. The molecule has 23 heavy (non-hydrogen) atoms. The molecule has 0 saturated carbocycles. The van der Waals surface area contributed by atoms with Crippen molar-refractivity contribution in [3.8, 4) is 5.75 Å². The fourth-order valence-electron chi connectivity index (χ4n) is 1.80. The second-order valence-electron chi connectivity index (χ2n) is 4.68. The second-order valence-corrected chi connectivity index (χ2v) is 6.52. The van der Waals surface area contributed by atoms with Crippen molar-refractivity contribution < 1.29 is 13.2 Å². The van der Waals surface area contributed by atoms with Crippen molar-refractivity contribution in [1.29, 1.82) is 0 Å². The number of halogens is 1. The molecule has 1 rings (SSSR count). The summed E-state index contributed by atoms with van der Waals surface area (Å²) in [7, 11) is 0.204. The first-order valence-electron chi connectivity index (χ1n) is 6.97. The van der Waals surface area contributed by atoms with Gasteiger partial charge in [0, 0.05) is 32.2 Å². The summed E-state index contributed by atoms with van der Waals surface area (Å²) in [6, 6.07) is 7.76. The van der Waals surface area contributed by atoms with Crippen LogP contribution in [0.5, 0.6) is 5.75 Å². The molecule has 0 fully saturated rings. The Morgan fingerprint density at radius 2 is 1.91 bits per heavy atom. The number of aliphatic imine (C=N–C) groups is 1. The maximum atomic E-state index is 10.9. The van der Waals surface area contributed by atoms with E-state index in [1.54, 1.807) is 14.2 Å². The topological polar surface area (TPSA) is 91.8 Å². The summed E-state index contributed by atoms with van der Waals surface area (Å²) in [6.45, 7) is 1.61. The van der Waals surface area contributed by atoms with Crippen LogP contribution in [0.2, 0.25) is 0 Å². The third kappa shape index (κ3) is 9.61. The number of ether oxygens (including phenoxy) is 1. The van der Waals surface area contributed by atoms with E-state index >= 15 is 0 Å². The molecule has 0 aliphatic heterocycles. The van der Waals surface area contributed by atoms with Crippen LogP contribution in [0.4, 0.5) is 0 Å². The van der Waals surface area contributed by atoms with E-state index in [1.165, 1.54) is 0 Å². The van der Waals surface area contributed by atoms with Crippen molar-refractivity contribution in [3.63, 3.8) is 0 Å². The lowest BCUT2D eigenvalue weighted by atomic mass is 10.2. The minimum absolute atomic E-state index is 0. The molecule has 9 heteroatoms. The number of rotatable bonds is 8. The van der Waals surface area contributed by atoms with E-state index in [0.717, 1.165) is 17.6 Å². The van der Waals surface area contributed by atoms with Crippen LogP contribution >= 0.6 is 24.0 Å². The summed E-state index contributed by atoms with van der Waals surface area (Å²) in [5, 5.41) is 6.31. The second kappa shape index (κ2) is 11.5. The molecule has 0 heterocycles. The Kier molecular flexibility index (Phi) is 10.9. The van der Waals surface area contributed by atoms with Gasteiger partial charge in [0.15, 0.2) is 5.96 Å². The lowest BCUT2D eigenvalue weighted by molar-refractivity contribution is 0.409. The van der Waals surface area contributed by atoms with Crippen molar-refractivity contribution >= 4 is 40.0 Å². The van der Waals surface area contributed by atoms with Crippen LogP contribution in [0.25, 0.3) is 0 Å². The molecule has 1 aromatic carbocycles. The number of sulfonamides is 1. The Labute approximate surface area is 155 Å². The van der Waals surface area contributed by atoms with Gasteiger partial charge in [-0.15, -0.1) is 24.0 Å². The lowest BCUT2D eigenvalue weighted by Crippen LogP contribution is -2.38. The molecule has 0 aromatic heterocycles. The van der Waals surface area contributed by atoms with Gasteiger partial charge in [-0.25, -0.2) is 13.1 Å². The van der Waals surface area contributed by atoms with Crippen LogP contribution in [-0.4, -0.2) is 47.9 Å². The number of nitrogens with one attached hydrogen (secondary N) is 3. The minimum Gasteiger partial charge on any atom is -0.496 e. The monoisotopic (exact) mass is 456 g/mol. The van der Waals surface area contributed by atoms with Crippen molar-refractivity contribution in [2.24, 2.45) is 4.99 Å². The fraction of sp³-hybridized carbons (Fsp3) is 0.500. The van der Waals surface area contributed by atoms with E-state index in [4.69, 9.17) is 4.74 Å². The summed E-state index contributed by atoms with van der Waals surface area (Å²) in [4.78, 5) is 4.12. The normalized spacial score (nSPS) is 11.5. The summed E-state index contributed by atoms with van der Waals surface area (Å²) >= 11 is 0. The standard InChI is InChI=1S/C14H24N4O3S.HI/c1-15-14(16-9-6-10-18-22(3,19)20)17-11-12-7-4-5-8-13(12)21-2;/h4-5,7-8,18H,6,9-11H2,1-3H3,(H2,15,16,17);1H. The Bertz CT molecular complexity index is 593. The van der Waals surface area contributed by atoms with Crippen LogP contribution in [0, 0.1) is 0 Å². The Morgan fingerprint density at radius 3 is 2.52 bits per heavy atom. The van der Waals surface area contributed by atoms with Gasteiger partial charge in [-0.1, -0.05) is 18.2 Å². The average Bonchev–Trinajstić information content (AvgIpc) is 2.49. The van der Waals surface area contributed by atoms with Crippen LogP contribution in [-0.2, 0) is 16.6 Å². The van der Waals surface area contributed by atoms with Crippen LogP contribution < -0.4 is 20.1 Å². The number of guanidine groups is 1. The zero-order valence-electron chi connectivity index (χ0n) is 13.6. The molecule has 0 bridgehead atoms. The molecule has 0 amide bonds. The zero-order chi connectivity index (χ0) is 16.4. The van der Waals surface area contributed by atoms with Gasteiger partial charge in [0.25, 0.3) is 0 Å². The molecule has 0 atom stereocenters. The molecular weight excluding hydrogens is 431 g/mol. The predicted octanol–water partition coefficient (Wildman–Crippen LogP) is 0.918. The Morgan fingerprint density at radius 1 is 1.22 bits per heavy atom. The molecule has 3 N–H and O–H groups in total. The van der Waals surface area contributed by atoms with E-state index in [9.17, 15) is 8.42 Å². The van der Waals surface area contributed by atoms with Gasteiger partial charge >= 0.3 is 0 Å². The van der Waals surface area contributed by atoms with E-state index in [1.807, 2.05) is 24.3 Å². The van der Waals surface area contributed by atoms with Gasteiger partial charge in [-0.3, -0.25) is 4.99 Å². The van der Waals surface area contributed by atoms with Gasteiger partial charge in [-0.05, 0) is 12.5 Å². The lowest BCUT2D eigenvalue weighted by Gasteiger charge is -2.13. The van der Waals surface area contributed by atoms with Gasteiger partial charge in [-0.2, -0.15) is 0 Å². The first-order chi connectivity index (χ1) is 10.5. The molecule has 0 aliphatic rings. The maximum absolute atomic E-state index is 10.9. The van der Waals surface area contributed by atoms with E-state index < -0.39 is 10.0 Å². The van der Waals surface area contributed by atoms with Gasteiger partial charge in [0.1, 0.15) is 5.75 Å². The average molecular weight is 456 g/mol. The highest BCUT2D eigenvalue weighted by Crippen LogP contribution is 2.16. The largest absolute Gasteiger partial charge is 0.496 e. The highest BCUT2D eigenvalue weighted by atomic mass is 127. The highest BCUT2D eigenvalue weighted by molar-refractivity contribution is 14.0. The predicted molar refractivity (Wildman–Crippen MR) is 104 cm³/mol. The fourth-order valence-corrected chi connectivity index (χ4v) is 2.32. The third-order valence-corrected chi connectivity index (χ3v) is 3.60. The molecule has 0 spiro atoms. The summed E-state index contributed by atoms with van der Waals surface area (Å²) in [5.74, 6) is 1.48. The quantitative estimate of drug-likeness (QED) is 0.234. The molecule has 132 valence electrons. The Balaban J connectivity index is 0.00000484. The van der Waals surface area contributed by atoms with E-state index in [-0.39, 0.29) is 24.0 Å². The van der Waals surface area contributed by atoms with Crippen LogP contribution in [0.3, 0.4) is 0 Å². The minimum atomic E-state index is -3.12. The van der Waals surface area contributed by atoms with Gasteiger partial charge in [0.2, 0.25) is 10.0 Å². The smallest absolute Gasteiger partial charge is 0.208 e. The van der Waals surface area contributed by atoms with Gasteiger partial charge in [0.05, 0.1) is 13.4 Å². The first-order valence-corrected chi connectivity index (χ1v) is 8.86. The molecule has 0 aliphatic carbocycles. The summed E-state index contributed by atoms with van der Waals surface area (Å²) in [6.07, 6.45) is 1.82. The van der Waals surface area contributed by atoms with E-state index in [2.05, 4.69) is 20.3 Å². The van der Waals surface area contributed by atoms with Crippen molar-refractivity contribution in [1.82, 2.24) is 15.4 Å². The van der Waals surface area contributed by atoms with Crippen LogP contribution in [0.15, 0.2) is 29.3 Å². The highest BCUT2D eigenvalue weighted by Gasteiger charge is 2.03. The SMILES string of the molecule is CN=C(NCCCNS(C)(=O)=O)NCc1ccccc1OC.I. The summed E-state index contributed by atoms with van der Waals surface area (Å²) in [5.41, 5.74) is 1.03. The molecule has 0 radical (unpaired) electrons. The van der Waals surface area contributed by atoms with Crippen molar-refractivity contribution in [2.45, 2.75) is 13.0 Å². The number of methoxy groups -OCH3 is 1.